The van der Waals surface area contributed by atoms with Gasteiger partial charge in [0.2, 0.25) is 0 Å². The third-order valence-corrected chi connectivity index (χ3v) is 9.39. The quantitative estimate of drug-likeness (QED) is 0.645. The van der Waals surface area contributed by atoms with E-state index >= 15 is 0 Å². The third-order valence-electron chi connectivity index (χ3n) is 9.39. The third kappa shape index (κ3) is 2.42. The molecular weight excluding hydrogens is 324 g/mol. The second kappa shape index (κ2) is 6.74. The summed E-state index contributed by atoms with van der Waals surface area (Å²) in [7, 11) is 0. The molecular formula is C23H40O3. The predicted molar refractivity (Wildman–Crippen MR) is 104 cm³/mol. The van der Waals surface area contributed by atoms with Crippen molar-refractivity contribution in [2.75, 3.05) is 13.2 Å². The minimum atomic E-state index is -0.308. The number of aliphatic hydroxyl groups is 1. The Morgan fingerprint density at radius 1 is 0.808 bits per heavy atom. The average Bonchev–Trinajstić information content (AvgIpc) is 3.24. The Hall–Kier alpha value is -0.120. The fourth-order valence-electron chi connectivity index (χ4n) is 8.24. The van der Waals surface area contributed by atoms with E-state index in [1.807, 2.05) is 13.8 Å². The summed E-state index contributed by atoms with van der Waals surface area (Å²) < 4.78 is 12.5. The van der Waals surface area contributed by atoms with E-state index in [-0.39, 0.29) is 17.3 Å². The Labute approximate surface area is 160 Å². The first-order valence-corrected chi connectivity index (χ1v) is 11.5. The number of rotatable bonds is 0. The first kappa shape index (κ1) is 19.2. The molecule has 26 heavy (non-hydrogen) atoms. The number of aliphatic hydroxyl groups excluding tert-OH is 1. The van der Waals surface area contributed by atoms with E-state index in [0.29, 0.717) is 23.2 Å². The van der Waals surface area contributed by atoms with Crippen LogP contribution in [0.5, 0.6) is 0 Å². The van der Waals surface area contributed by atoms with Gasteiger partial charge >= 0.3 is 0 Å². The number of ether oxygens (including phenoxy) is 2. The van der Waals surface area contributed by atoms with Crippen molar-refractivity contribution >= 4 is 0 Å². The van der Waals surface area contributed by atoms with Crippen molar-refractivity contribution in [1.82, 2.24) is 0 Å². The van der Waals surface area contributed by atoms with E-state index < -0.39 is 0 Å². The van der Waals surface area contributed by atoms with E-state index in [1.165, 1.54) is 44.9 Å². The van der Waals surface area contributed by atoms with Crippen molar-refractivity contribution < 1.29 is 14.6 Å². The molecule has 5 fully saturated rings. The molecule has 7 atom stereocenters. The van der Waals surface area contributed by atoms with Crippen LogP contribution in [0, 0.1) is 34.5 Å². The zero-order valence-corrected chi connectivity index (χ0v) is 17.4. The molecule has 7 unspecified atom stereocenters. The molecule has 0 bridgehead atoms. The van der Waals surface area contributed by atoms with Crippen LogP contribution in [-0.4, -0.2) is 30.2 Å². The van der Waals surface area contributed by atoms with Crippen LogP contribution >= 0.6 is 0 Å². The Morgan fingerprint density at radius 3 is 2.23 bits per heavy atom. The van der Waals surface area contributed by atoms with Gasteiger partial charge in [0.15, 0.2) is 5.79 Å². The standard InChI is InChI=1S/C21H34O3.C2H6/c1-19-8-4-3-5-17(19)18(22)13-14-15(19)6-9-20(2)16(14)7-10-21(20)23-11-12-24-21;1-2/h14-18,22H,3-13H2,1-2H3;1-2H3. The van der Waals surface area contributed by atoms with Gasteiger partial charge in [-0.3, -0.25) is 0 Å². The molecule has 3 nitrogen and oxygen atoms in total. The van der Waals surface area contributed by atoms with Crippen molar-refractivity contribution in [2.24, 2.45) is 34.5 Å². The fourth-order valence-corrected chi connectivity index (χ4v) is 8.24. The zero-order valence-electron chi connectivity index (χ0n) is 17.4. The van der Waals surface area contributed by atoms with Crippen molar-refractivity contribution in [3.05, 3.63) is 0 Å². The Bertz CT molecular complexity index is 514. The minimum Gasteiger partial charge on any atom is -0.393 e. The summed E-state index contributed by atoms with van der Waals surface area (Å²) in [5.41, 5.74) is 0.525. The molecule has 4 saturated carbocycles. The Balaban J connectivity index is 0.000000814. The summed E-state index contributed by atoms with van der Waals surface area (Å²) in [5.74, 6) is 2.39. The molecule has 0 radical (unpaired) electrons. The molecule has 0 aromatic rings. The maximum Gasteiger partial charge on any atom is 0.174 e. The van der Waals surface area contributed by atoms with Crippen molar-refractivity contribution in [3.8, 4) is 0 Å². The lowest BCUT2D eigenvalue weighted by Gasteiger charge is -2.62. The van der Waals surface area contributed by atoms with E-state index in [1.54, 1.807) is 0 Å². The first-order chi connectivity index (χ1) is 12.5. The lowest BCUT2D eigenvalue weighted by Crippen LogP contribution is -2.59. The SMILES string of the molecule is CC.CC12CCCCC1C(O)CC1C2CCC2(C)C1CCC21OCCO1. The molecule has 1 aliphatic heterocycles. The summed E-state index contributed by atoms with van der Waals surface area (Å²) >= 11 is 0. The van der Waals surface area contributed by atoms with Gasteiger partial charge in [0.25, 0.3) is 0 Å². The summed E-state index contributed by atoms with van der Waals surface area (Å²) in [6.07, 6.45) is 11.1. The van der Waals surface area contributed by atoms with Gasteiger partial charge in [0.1, 0.15) is 0 Å². The van der Waals surface area contributed by atoms with Crippen LogP contribution < -0.4 is 0 Å². The maximum absolute atomic E-state index is 11.0. The molecule has 1 spiro atoms. The van der Waals surface area contributed by atoms with Crippen LogP contribution in [0.1, 0.15) is 85.5 Å². The van der Waals surface area contributed by atoms with Crippen molar-refractivity contribution in [2.45, 2.75) is 97.4 Å². The molecule has 4 aliphatic carbocycles. The molecule has 1 heterocycles. The van der Waals surface area contributed by atoms with Crippen LogP contribution in [0.15, 0.2) is 0 Å². The van der Waals surface area contributed by atoms with Crippen LogP contribution in [0.3, 0.4) is 0 Å². The summed E-state index contributed by atoms with van der Waals surface area (Å²) in [4.78, 5) is 0. The first-order valence-electron chi connectivity index (χ1n) is 11.5. The van der Waals surface area contributed by atoms with E-state index in [0.717, 1.165) is 32.0 Å². The van der Waals surface area contributed by atoms with E-state index in [4.69, 9.17) is 9.47 Å². The van der Waals surface area contributed by atoms with Gasteiger partial charge in [-0.15, -0.1) is 0 Å². The monoisotopic (exact) mass is 364 g/mol. The van der Waals surface area contributed by atoms with Gasteiger partial charge in [-0.05, 0) is 67.6 Å². The molecule has 1 saturated heterocycles. The topological polar surface area (TPSA) is 38.7 Å². The van der Waals surface area contributed by atoms with Crippen LogP contribution in [0.2, 0.25) is 0 Å². The predicted octanol–water partition coefficient (Wildman–Crippen LogP) is 5.16. The maximum atomic E-state index is 11.0. The molecule has 1 N–H and O–H groups in total. The van der Waals surface area contributed by atoms with Gasteiger partial charge in [-0.1, -0.05) is 40.5 Å². The fraction of sp³-hybridized carbons (Fsp3) is 1.00. The van der Waals surface area contributed by atoms with Crippen molar-refractivity contribution in [1.29, 1.82) is 0 Å². The molecule has 3 heteroatoms. The number of hydrogen-bond donors (Lipinski definition) is 1. The van der Waals surface area contributed by atoms with Gasteiger partial charge in [0.05, 0.1) is 19.3 Å². The summed E-state index contributed by atoms with van der Waals surface area (Å²) in [6.45, 7) is 10.5. The molecule has 150 valence electrons. The second-order valence-electron chi connectivity index (χ2n) is 9.98. The van der Waals surface area contributed by atoms with Crippen LogP contribution in [0.4, 0.5) is 0 Å². The molecule has 5 aliphatic rings. The average molecular weight is 365 g/mol. The molecule has 0 amide bonds. The highest BCUT2D eigenvalue weighted by molar-refractivity contribution is 5.13. The lowest BCUT2D eigenvalue weighted by atomic mass is 9.44. The van der Waals surface area contributed by atoms with E-state index in [2.05, 4.69) is 13.8 Å². The largest absolute Gasteiger partial charge is 0.393 e. The van der Waals surface area contributed by atoms with Gasteiger partial charge in [-0.2, -0.15) is 0 Å². The smallest absolute Gasteiger partial charge is 0.174 e. The van der Waals surface area contributed by atoms with Gasteiger partial charge in [0, 0.05) is 11.8 Å². The minimum absolute atomic E-state index is 0.0825. The van der Waals surface area contributed by atoms with Gasteiger partial charge in [-0.25, -0.2) is 0 Å². The normalized spacial score (nSPS) is 51.8. The Morgan fingerprint density at radius 2 is 1.50 bits per heavy atom. The summed E-state index contributed by atoms with van der Waals surface area (Å²) in [5, 5.41) is 11.0. The zero-order chi connectivity index (χ0) is 18.6. The van der Waals surface area contributed by atoms with Gasteiger partial charge < -0.3 is 14.6 Å². The second-order valence-corrected chi connectivity index (χ2v) is 9.98. The number of fused-ring (bicyclic) bond motifs is 6. The molecule has 0 aromatic heterocycles. The van der Waals surface area contributed by atoms with Crippen molar-refractivity contribution in [3.63, 3.8) is 0 Å². The number of hydrogen-bond acceptors (Lipinski definition) is 3. The van der Waals surface area contributed by atoms with Crippen LogP contribution in [0.25, 0.3) is 0 Å². The van der Waals surface area contributed by atoms with E-state index in [9.17, 15) is 5.11 Å². The highest BCUT2D eigenvalue weighted by atomic mass is 16.7. The molecule has 0 aromatic carbocycles. The molecule has 5 rings (SSSR count). The van der Waals surface area contributed by atoms with Crippen LogP contribution in [-0.2, 0) is 9.47 Å². The summed E-state index contributed by atoms with van der Waals surface area (Å²) in [6, 6.07) is 0. The highest BCUT2D eigenvalue weighted by Crippen LogP contribution is 2.69. The Kier molecular flexibility index (Phi) is 4.98. The lowest BCUT2D eigenvalue weighted by molar-refractivity contribution is -0.252. The highest BCUT2D eigenvalue weighted by Gasteiger charge is 2.67.